The minimum Gasteiger partial charge on any atom is -0.542 e. The van der Waals surface area contributed by atoms with Crippen LogP contribution in [0.15, 0.2) is 30.0 Å². The summed E-state index contributed by atoms with van der Waals surface area (Å²) in [6.07, 6.45) is 4.42. The number of nitrogens with one attached hydrogen (secondary N) is 4. The first kappa shape index (κ1) is 99.8. The second-order valence-electron chi connectivity index (χ2n) is 27.4. The van der Waals surface area contributed by atoms with Crippen LogP contribution >= 0.6 is 94.2 Å². The third-order valence-electron chi connectivity index (χ3n) is 19.8. The monoisotopic (exact) mass is 1840 g/mol. The Hall–Kier alpha value is -6.78. The lowest BCUT2D eigenvalue weighted by molar-refractivity contribution is -0.344. The molecule has 2 atom stereocenters. The number of nitrogens with two attached hydrogens (primary N) is 4. The number of carboxylic acids is 1. The third kappa shape index (κ3) is 24.1. The molecule has 2 spiro atoms. The smallest absolute Gasteiger partial charge is 0.430 e. The lowest BCUT2D eigenvalue weighted by atomic mass is 9.60. The highest BCUT2D eigenvalue weighted by Gasteiger charge is 2.55. The maximum absolute atomic E-state index is 11.5. The molecular weight excluding hydrogens is 1750 g/mol. The fourth-order valence-electron chi connectivity index (χ4n) is 12.2. The highest BCUT2D eigenvalue weighted by atomic mass is 35.5. The lowest BCUT2D eigenvalue weighted by Gasteiger charge is -2.60. The van der Waals surface area contributed by atoms with Gasteiger partial charge in [0, 0.05) is 64.0 Å². The van der Waals surface area contributed by atoms with E-state index in [0.717, 1.165) is 140 Å². The van der Waals surface area contributed by atoms with Gasteiger partial charge in [-0.2, -0.15) is 53.9 Å². The third-order valence-corrected chi connectivity index (χ3v) is 25.5. The summed E-state index contributed by atoms with van der Waals surface area (Å²) in [5.74, 6) is 6.93. The Kier molecular flexibility index (Phi) is 35.3. The predicted octanol–water partition coefficient (Wildman–Crippen LogP) is 9.88. The number of aromatic nitrogens is 12. The van der Waals surface area contributed by atoms with E-state index in [4.69, 9.17) is 110 Å². The Labute approximate surface area is 702 Å². The van der Waals surface area contributed by atoms with E-state index in [0.29, 0.717) is 78.8 Å². The number of carbonyl (C=O) groups is 4. The average Bonchev–Trinajstić information content (AvgIpc) is 0.959. The Bertz CT molecular complexity index is 5370. The molecule has 9 aromatic heterocycles. The first-order chi connectivity index (χ1) is 53.6. The van der Waals surface area contributed by atoms with Crippen molar-refractivity contribution in [1.29, 1.82) is 0 Å². The molecule has 116 heavy (non-hydrogen) atoms. The quantitative estimate of drug-likeness (QED) is 0.0185. The number of carbonyl (C=O) groups excluding carboxylic acids is 4. The van der Waals surface area contributed by atoms with Crippen molar-refractivity contribution >= 4 is 161 Å². The standard InChI is InChI=1S/C15H21ClN6O2S.C9H13ClN2O2.C9H12ClNO2.C9H13NO2.C8H7Cl2N3.C8H8ClN3O.C7H15N3O2S.C2HF3O2.H6NO2P3/c1-9-10(2)13(16)22-12(9)14(18-8-19-22)21-6-15(7-21)4-11(5-15)20(3)25(17,23)24;1-4-14-9(13)7-5(2)6(3)8(10)12(7)11;1-4-13-9(12)7-5(2)6(3)8(10)11-7;1-4-12-9(11)8-7(3)6(2)5-10-8;1-4-5(2)8(10)13-6(4)7(9)11-3-12-13;1-4-5(2)7(9)12-6(4)8(13)10-3-11-12;1-10(13(8,11)12)6-2-7(3-6)4-9-5-7;3-2(4,5)1(6)7;1-3-6(2,4)5/h8,11H,4-7H2,1-3H3,(H2,17,23,24);4,11H2,1-3H3;11H,4H2,1-3H3;5,10H,4H2,1-3H3;3H,1-2H3;3H,1-2H3,(H,10,11,13);6,9H,2-5H2,1H3,(H2,8,11,12);(H,6,7);1,4-5H2/p-1. The first-order valence-corrected chi connectivity index (χ1v) is 45.0. The minimum absolute atomic E-state index is 0.00528. The van der Waals surface area contributed by atoms with Crippen molar-refractivity contribution in [2.45, 2.75) is 148 Å². The van der Waals surface area contributed by atoms with E-state index in [1.807, 2.05) is 100 Å². The van der Waals surface area contributed by atoms with E-state index in [-0.39, 0.29) is 35.0 Å². The van der Waals surface area contributed by atoms with Crippen molar-refractivity contribution in [3.63, 3.8) is 0 Å². The molecule has 35 nitrogen and oxygen atoms in total. The fraction of sp³-hybridized carbons (Fsp3) is 0.493. The van der Waals surface area contributed by atoms with Gasteiger partial charge in [-0.15, -0.1) is 0 Å². The second kappa shape index (κ2) is 41.0. The van der Waals surface area contributed by atoms with Crippen molar-refractivity contribution in [3.8, 4) is 0 Å². The van der Waals surface area contributed by atoms with Crippen LogP contribution in [0.5, 0.6) is 0 Å². The van der Waals surface area contributed by atoms with Gasteiger partial charge in [-0.05, 0) is 220 Å². The number of anilines is 1. The number of fused-ring (bicyclic) bond motifs is 3. The number of ether oxygens (including phenoxy) is 3. The number of aliphatic carboxylic acids is 1. The summed E-state index contributed by atoms with van der Waals surface area (Å²) in [5, 5.41) is 37.4. The molecule has 2 aliphatic heterocycles. The number of carboxylic acid groups (broad SMARTS) is 1. The SMILES string of the molecule is CCOC(=O)c1[nH]c(Cl)c(C)c1C.CCOC(=O)c1[nH]cc(C)c1C.CCOC(=O)c1c(C)c(C)c(Cl)n1N.CN(C1CC2(CNC2)C1)S(N)(=O)=O.Cc1c(C)c2c(=O)[nH]cnn2c1Cl.Cc1c(C)c2c(Cl)ncnn2c1Cl.Cc1c(C)c2c(N3CC4(CC(N(C)S(N)(=O)=O)C4)C3)ncnn2c1Cl.NOP(=O)(P)P.O=C([O-])C(F)(F)F. The van der Waals surface area contributed by atoms with Crippen molar-refractivity contribution in [2.75, 3.05) is 70.8 Å². The highest BCUT2D eigenvalue weighted by Crippen LogP contribution is 2.61. The van der Waals surface area contributed by atoms with Crippen LogP contribution in [0.3, 0.4) is 0 Å². The molecule has 2 saturated heterocycles. The van der Waals surface area contributed by atoms with Crippen molar-refractivity contribution in [1.82, 2.24) is 72.4 Å². The molecule has 9 aromatic rings. The Morgan fingerprint density at radius 1 is 0.612 bits per heavy atom. The van der Waals surface area contributed by atoms with Gasteiger partial charge in [0.05, 0.1) is 19.8 Å². The van der Waals surface area contributed by atoms with E-state index in [1.165, 1.54) is 32.1 Å². The van der Waals surface area contributed by atoms with Crippen LogP contribution < -0.4 is 42.9 Å². The number of aryl methyl sites for hydroxylation is 4. The van der Waals surface area contributed by atoms with Gasteiger partial charge in [-0.25, -0.2) is 63.4 Å². The van der Waals surface area contributed by atoms with Gasteiger partial charge in [-0.3, -0.25) is 9.36 Å². The number of hydrogen-bond acceptors (Lipinski definition) is 24. The van der Waals surface area contributed by atoms with Gasteiger partial charge in [-0.1, -0.05) is 69.6 Å². The van der Waals surface area contributed by atoms with Crippen LogP contribution in [0.25, 0.3) is 16.6 Å². The number of nitrogens with zero attached hydrogens (tertiary/aromatic N) is 12. The first-order valence-electron chi connectivity index (χ1n) is 34.8. The normalized spacial score (nSPS) is 14.6. The van der Waals surface area contributed by atoms with E-state index in [9.17, 15) is 53.8 Å². The molecule has 2 aliphatic carbocycles. The van der Waals surface area contributed by atoms with E-state index in [2.05, 4.69) is 61.0 Å². The maximum Gasteiger partial charge on any atom is 0.430 e. The summed E-state index contributed by atoms with van der Waals surface area (Å²) in [4.78, 5) is 73.0. The molecule has 11 heterocycles. The number of rotatable bonds is 12. The number of H-pyrrole nitrogens is 3. The number of alkyl halides is 3. The van der Waals surface area contributed by atoms with E-state index >= 15 is 0 Å². The van der Waals surface area contributed by atoms with Crippen LogP contribution in [0.2, 0.25) is 30.9 Å². The molecule has 644 valence electrons. The number of esters is 3. The van der Waals surface area contributed by atoms with Crippen LogP contribution in [-0.4, -0.2) is 186 Å². The topological polar surface area (TPSA) is 486 Å². The largest absolute Gasteiger partial charge is 0.542 e. The van der Waals surface area contributed by atoms with Gasteiger partial charge in [0.25, 0.3) is 26.0 Å². The summed E-state index contributed by atoms with van der Waals surface area (Å²) in [7, 11) is -0.0745. The van der Waals surface area contributed by atoms with Crippen LogP contribution in [-0.2, 0) is 48.6 Å². The summed E-state index contributed by atoms with van der Waals surface area (Å²) in [6, 6.07) is 0.117. The summed E-state index contributed by atoms with van der Waals surface area (Å²) in [6.45, 7) is 30.4. The van der Waals surface area contributed by atoms with Gasteiger partial charge in [0.15, 0.2) is 16.7 Å². The minimum atomic E-state index is -5.19. The van der Waals surface area contributed by atoms with Crippen LogP contribution in [0, 0.1) is 93.9 Å². The molecule has 2 unspecified atom stereocenters. The van der Waals surface area contributed by atoms with E-state index < -0.39 is 45.3 Å². The molecule has 0 bridgehead atoms. The second-order valence-corrected chi connectivity index (χ2v) is 40.3. The Morgan fingerprint density at radius 2 is 1.02 bits per heavy atom. The predicted molar refractivity (Wildman–Crippen MR) is 444 cm³/mol. The van der Waals surface area contributed by atoms with Gasteiger partial charge in [0.2, 0.25) is 6.75 Å². The van der Waals surface area contributed by atoms with E-state index in [1.54, 1.807) is 50.8 Å². The molecule has 13 rings (SSSR count). The molecule has 49 heteroatoms. The number of hydrogen-bond donors (Lipinski definition) is 8. The van der Waals surface area contributed by atoms with Crippen molar-refractivity contribution in [3.05, 3.63) is 150 Å². The van der Waals surface area contributed by atoms with Crippen molar-refractivity contribution in [2.24, 2.45) is 27.0 Å². The number of aromatic amines is 3. The summed E-state index contributed by atoms with van der Waals surface area (Å²) < 4.78 is 114. The highest BCUT2D eigenvalue weighted by molar-refractivity contribution is 8.44. The molecule has 2 saturated carbocycles. The zero-order valence-corrected chi connectivity index (χ0v) is 75.7. The molecule has 0 aromatic carbocycles. The van der Waals surface area contributed by atoms with Gasteiger partial charge in [0.1, 0.15) is 78.7 Å². The average molecular weight is 1850 g/mol. The molecular formula is C67H95Cl6F3N20O15P3S2-. The van der Waals surface area contributed by atoms with Crippen LogP contribution in [0.4, 0.5) is 19.0 Å². The molecule has 0 radical (unpaired) electrons. The summed E-state index contributed by atoms with van der Waals surface area (Å²) >= 11 is 36.0. The number of nitrogen functional groups attached to an aromatic ring is 1. The molecule has 0 amide bonds. The molecule has 4 aliphatic rings. The number of halogens is 9. The molecule has 12 N–H and O–H groups in total. The van der Waals surface area contributed by atoms with Gasteiger partial charge < -0.3 is 55.1 Å². The zero-order chi connectivity index (χ0) is 88.3. The molecule has 4 fully saturated rings. The lowest BCUT2D eigenvalue weighted by Crippen LogP contribution is -2.67. The Morgan fingerprint density at radius 3 is 1.38 bits per heavy atom. The Balaban J connectivity index is 0.000000239. The zero-order valence-electron chi connectivity index (χ0n) is 66.4. The summed E-state index contributed by atoms with van der Waals surface area (Å²) in [5.41, 5.74) is 15.2. The van der Waals surface area contributed by atoms with Crippen molar-refractivity contribution < 1.29 is 77.7 Å². The fourth-order valence-corrected chi connectivity index (χ4v) is 14.9. The van der Waals surface area contributed by atoms with Gasteiger partial charge >= 0.3 is 24.1 Å². The van der Waals surface area contributed by atoms with Crippen LogP contribution in [0.1, 0.15) is 145 Å². The maximum atomic E-state index is 11.5.